The van der Waals surface area contributed by atoms with Gasteiger partial charge in [0.15, 0.2) is 0 Å². The third-order valence-corrected chi connectivity index (χ3v) is 11.1. The molecule has 0 saturated carbocycles. The van der Waals surface area contributed by atoms with Crippen LogP contribution in [0.5, 0.6) is 0 Å². The van der Waals surface area contributed by atoms with E-state index in [1.54, 1.807) is 24.3 Å². The summed E-state index contributed by atoms with van der Waals surface area (Å²) in [7, 11) is 3.30. The third kappa shape index (κ3) is 13.9. The van der Waals surface area contributed by atoms with Crippen LogP contribution >= 0.6 is 0 Å². The van der Waals surface area contributed by atoms with Crippen molar-refractivity contribution in [2.24, 2.45) is 16.2 Å². The fraction of sp³-hybridized carbons (Fsp3) is 0.489. The molecule has 0 spiro atoms. The number of carbonyl (C=O) groups excluding carboxylic acids is 4. The van der Waals surface area contributed by atoms with Crippen LogP contribution in [0.4, 0.5) is 0 Å². The second kappa shape index (κ2) is 26.4. The van der Waals surface area contributed by atoms with Gasteiger partial charge >= 0.3 is 75.3 Å². The summed E-state index contributed by atoms with van der Waals surface area (Å²) in [4.78, 5) is 49.2. The van der Waals surface area contributed by atoms with Crippen LogP contribution in [0.25, 0.3) is 21.5 Å². The van der Waals surface area contributed by atoms with Crippen molar-refractivity contribution in [2.75, 3.05) is 80.8 Å². The van der Waals surface area contributed by atoms with Crippen LogP contribution < -0.4 is 56.5 Å². The normalized spacial score (nSPS) is 15.6. The van der Waals surface area contributed by atoms with Crippen molar-refractivity contribution < 1.29 is 114 Å². The van der Waals surface area contributed by atoms with Crippen LogP contribution in [0.3, 0.4) is 0 Å². The third-order valence-electron chi connectivity index (χ3n) is 11.1. The molecule has 14 heteroatoms. The number of aliphatic hydroxyl groups excluding tert-OH is 1. The van der Waals surface area contributed by atoms with Gasteiger partial charge in [0.05, 0.1) is 93.6 Å². The van der Waals surface area contributed by atoms with Gasteiger partial charge in [0, 0.05) is 5.41 Å². The van der Waals surface area contributed by atoms with Gasteiger partial charge in [-0.25, -0.2) is 19.2 Å². The van der Waals surface area contributed by atoms with E-state index in [2.05, 4.69) is 30.2 Å². The summed E-state index contributed by atoms with van der Waals surface area (Å²) >= 11 is 0. The van der Waals surface area contributed by atoms with Crippen molar-refractivity contribution in [2.45, 2.75) is 54.9 Å². The van der Waals surface area contributed by atoms with E-state index >= 15 is 0 Å². The summed E-state index contributed by atoms with van der Waals surface area (Å²) in [5.74, 6) is -2.13. The van der Waals surface area contributed by atoms with Gasteiger partial charge in [-0.1, -0.05) is 84.2 Å². The molecule has 0 atom stereocenters. The zero-order chi connectivity index (χ0) is 42.3. The monoisotopic (exact) mass is 874 g/mol. The van der Waals surface area contributed by atoms with Gasteiger partial charge in [-0.3, -0.25) is 0 Å². The summed E-state index contributed by atoms with van der Waals surface area (Å²) in [6, 6.07) is 21.8. The second-order valence-corrected chi connectivity index (χ2v) is 14.8. The average molecular weight is 875 g/mol. The Balaban J connectivity index is 0.000000511. The number of benzene rings is 4. The van der Waals surface area contributed by atoms with Crippen LogP contribution in [0.15, 0.2) is 72.8 Å². The molecule has 0 aromatic heterocycles. The minimum atomic E-state index is -0.554. The Bertz CT molecular complexity index is 1860. The fourth-order valence-electron chi connectivity index (χ4n) is 6.33. The summed E-state index contributed by atoms with van der Waals surface area (Å²) in [6.07, 6.45) is 2.77. The Morgan fingerprint density at radius 2 is 0.803 bits per heavy atom. The minimum absolute atomic E-state index is 0. The first-order valence-corrected chi connectivity index (χ1v) is 19.3. The maximum Gasteiger partial charge on any atom is 1.00 e. The number of esters is 4. The molecule has 0 amide bonds. The van der Waals surface area contributed by atoms with E-state index < -0.39 is 23.9 Å². The van der Waals surface area contributed by atoms with Crippen LogP contribution in [-0.4, -0.2) is 110 Å². The SMILES string of the molecule is C.C.CCC1(CO)COC1.CCC1(COC(=O)c2cc3ccccc3cc2C(=O)OCC2(CC)COC2)COC1.COC(=O)c1cc2ccccc2cc1C(=O)OC.C[O-].[K+]. The average Bonchev–Trinajstić information content (AvgIpc) is 3.22. The molecule has 1 N–H and O–H groups in total. The zero-order valence-corrected chi connectivity index (χ0v) is 38.4. The van der Waals surface area contributed by atoms with E-state index in [4.69, 9.17) is 33.9 Å². The molecule has 4 aromatic rings. The molecule has 0 bridgehead atoms. The van der Waals surface area contributed by atoms with E-state index in [0.717, 1.165) is 61.1 Å². The van der Waals surface area contributed by atoms with Gasteiger partial charge < -0.3 is 43.4 Å². The fourth-order valence-corrected chi connectivity index (χ4v) is 6.33. The van der Waals surface area contributed by atoms with Gasteiger partial charge in [0.25, 0.3) is 0 Å². The number of carbonyl (C=O) groups is 4. The maximum absolute atomic E-state index is 13.0. The molecule has 3 aliphatic rings. The first-order valence-electron chi connectivity index (χ1n) is 19.3. The molecule has 3 saturated heterocycles. The quantitative estimate of drug-likeness (QED) is 0.123. The first-order chi connectivity index (χ1) is 28.0. The van der Waals surface area contributed by atoms with Crippen molar-refractivity contribution in [3.8, 4) is 0 Å². The molecule has 3 heterocycles. The Morgan fingerprint density at radius 3 is 0.984 bits per heavy atom. The summed E-state index contributed by atoms with van der Waals surface area (Å²) in [5.41, 5.74) is 0.794. The number of ether oxygens (including phenoxy) is 7. The molecule has 7 rings (SSSR count). The van der Waals surface area contributed by atoms with Gasteiger partial charge in [-0.2, -0.15) is 7.11 Å². The number of methoxy groups -OCH3 is 2. The van der Waals surface area contributed by atoms with Crippen LogP contribution in [0.2, 0.25) is 0 Å². The Hall–Kier alpha value is -3.28. The van der Waals surface area contributed by atoms with Crippen molar-refractivity contribution in [3.05, 3.63) is 95.1 Å². The van der Waals surface area contributed by atoms with E-state index in [1.807, 2.05) is 48.5 Å². The predicted molar refractivity (Wildman–Crippen MR) is 228 cm³/mol. The van der Waals surface area contributed by atoms with Crippen molar-refractivity contribution in [1.82, 2.24) is 0 Å². The van der Waals surface area contributed by atoms with Gasteiger partial charge in [0.2, 0.25) is 0 Å². The summed E-state index contributed by atoms with van der Waals surface area (Å²) in [5, 5.41) is 20.5. The van der Waals surface area contributed by atoms with Crippen molar-refractivity contribution in [3.63, 3.8) is 0 Å². The van der Waals surface area contributed by atoms with E-state index in [1.165, 1.54) is 14.2 Å². The summed E-state index contributed by atoms with van der Waals surface area (Å²) in [6.45, 7) is 10.9. The Kier molecular flexibility index (Phi) is 24.1. The number of fused-ring (bicyclic) bond motifs is 2. The number of hydrogen-bond donors (Lipinski definition) is 1. The van der Waals surface area contributed by atoms with E-state index in [-0.39, 0.29) is 125 Å². The van der Waals surface area contributed by atoms with E-state index in [0.29, 0.717) is 26.4 Å². The Morgan fingerprint density at radius 1 is 0.541 bits per heavy atom. The van der Waals surface area contributed by atoms with Crippen molar-refractivity contribution >= 4 is 45.4 Å². The topological polar surface area (TPSA) is 176 Å². The number of rotatable bonds is 12. The molecule has 4 aromatic carbocycles. The van der Waals surface area contributed by atoms with Gasteiger partial charge in [-0.05, 0) is 65.1 Å². The first kappa shape index (κ1) is 55.7. The number of aliphatic hydroxyl groups is 1. The van der Waals surface area contributed by atoms with E-state index in [9.17, 15) is 19.2 Å². The Labute approximate surface area is 403 Å². The molecular weight excluding hydrogens is 812 g/mol. The standard InChI is InChI=1S/C24H28O6.C14H12O4.C6H12O2.CH3O.2CH4.K/c1-3-23(11-27-12-23)15-29-21(25)19-9-17-7-5-6-8-18(17)10-20(19)22(26)30-16-24(4-2)13-28-14-24;1-17-13(15)11-7-9-5-3-4-6-10(9)8-12(11)14(16)18-2;1-2-6(3-7)4-8-5-6;1-2;;;/h5-10H,3-4,11-16H2,1-2H3;3-8H,1-2H3;7H,2-5H2,1H3;1H3;2*1H4;/q;;;-1;;;+1. The molecule has 3 fully saturated rings. The molecule has 0 unspecified atom stereocenters. The molecule has 0 aliphatic carbocycles. The van der Waals surface area contributed by atoms with Crippen LogP contribution in [0, 0.1) is 16.2 Å². The number of hydrogen-bond acceptors (Lipinski definition) is 13. The second-order valence-electron chi connectivity index (χ2n) is 14.8. The van der Waals surface area contributed by atoms with Gasteiger partial charge in [-0.15, -0.1) is 0 Å². The summed E-state index contributed by atoms with van der Waals surface area (Å²) < 4.78 is 36.1. The minimum Gasteiger partial charge on any atom is -0.857 e. The molecule has 61 heavy (non-hydrogen) atoms. The predicted octanol–water partition coefficient (Wildman–Crippen LogP) is 4.08. The zero-order valence-electron chi connectivity index (χ0n) is 35.3. The maximum atomic E-state index is 13.0. The largest absolute Gasteiger partial charge is 1.00 e. The molecule has 3 aliphatic heterocycles. The van der Waals surface area contributed by atoms with Crippen LogP contribution in [-0.2, 0) is 33.2 Å². The molecular formula is C47H63KO13. The molecule has 0 radical (unpaired) electrons. The smallest absolute Gasteiger partial charge is 0.857 e. The molecule has 330 valence electrons. The van der Waals surface area contributed by atoms with Gasteiger partial charge in [0.1, 0.15) is 13.2 Å². The van der Waals surface area contributed by atoms with Crippen LogP contribution in [0.1, 0.15) is 96.3 Å². The van der Waals surface area contributed by atoms with Crippen molar-refractivity contribution in [1.29, 1.82) is 0 Å². The molecule has 13 nitrogen and oxygen atoms in total.